The third-order valence-electron chi connectivity index (χ3n) is 9.39. The SMILES string of the molecule is CCC1(CC)C(=O)N(C(=O)N[C@H]2CCCN2C(=O)C(c2ccccc2)c2ccccc2)C1OCC(=O)N1CCN(C)CC1. The van der Waals surface area contributed by atoms with Crippen LogP contribution in [0.1, 0.15) is 56.6 Å². The van der Waals surface area contributed by atoms with Crippen molar-refractivity contribution in [1.29, 1.82) is 0 Å². The molecule has 0 radical (unpaired) electrons. The molecule has 10 heteroatoms. The van der Waals surface area contributed by atoms with Gasteiger partial charge in [-0.05, 0) is 43.9 Å². The van der Waals surface area contributed by atoms with Gasteiger partial charge in [0.25, 0.3) is 0 Å². The maximum Gasteiger partial charge on any atom is 0.327 e. The van der Waals surface area contributed by atoms with Crippen LogP contribution < -0.4 is 5.32 Å². The molecule has 2 aromatic rings. The van der Waals surface area contributed by atoms with Crippen molar-refractivity contribution in [2.75, 3.05) is 46.4 Å². The number of urea groups is 1. The number of likely N-dealkylation sites (tertiary alicyclic amines) is 2. The first-order valence-electron chi connectivity index (χ1n) is 15.4. The molecular weight excluding hydrogens is 546 g/mol. The minimum atomic E-state index is -0.864. The van der Waals surface area contributed by atoms with Gasteiger partial charge in [0.1, 0.15) is 12.8 Å². The van der Waals surface area contributed by atoms with Crippen LogP contribution in [0.5, 0.6) is 0 Å². The van der Waals surface area contributed by atoms with Crippen molar-refractivity contribution in [1.82, 2.24) is 24.9 Å². The largest absolute Gasteiger partial charge is 0.347 e. The highest BCUT2D eigenvalue weighted by Crippen LogP contribution is 2.46. The van der Waals surface area contributed by atoms with Gasteiger partial charge in [-0.15, -0.1) is 0 Å². The predicted molar refractivity (Wildman–Crippen MR) is 162 cm³/mol. The van der Waals surface area contributed by atoms with Crippen molar-refractivity contribution in [3.8, 4) is 0 Å². The van der Waals surface area contributed by atoms with E-state index in [0.29, 0.717) is 38.9 Å². The Bertz CT molecular complexity index is 1250. The quantitative estimate of drug-likeness (QED) is 0.451. The van der Waals surface area contributed by atoms with Crippen LogP contribution in [0.4, 0.5) is 4.79 Å². The lowest BCUT2D eigenvalue weighted by Gasteiger charge is -2.53. The summed E-state index contributed by atoms with van der Waals surface area (Å²) in [4.78, 5) is 60.9. The number of hydrogen-bond acceptors (Lipinski definition) is 6. The van der Waals surface area contributed by atoms with Gasteiger partial charge in [-0.25, -0.2) is 9.69 Å². The van der Waals surface area contributed by atoms with Gasteiger partial charge in [0.15, 0.2) is 6.23 Å². The van der Waals surface area contributed by atoms with E-state index in [1.807, 2.05) is 81.6 Å². The van der Waals surface area contributed by atoms with Crippen LogP contribution in [0.3, 0.4) is 0 Å². The molecule has 3 aliphatic rings. The molecule has 10 nitrogen and oxygen atoms in total. The number of β-lactam (4-membered cyclic amide) rings is 1. The molecule has 0 bridgehead atoms. The summed E-state index contributed by atoms with van der Waals surface area (Å²) in [6, 6.07) is 18.7. The van der Waals surface area contributed by atoms with E-state index < -0.39 is 29.8 Å². The maximum absolute atomic E-state index is 14.1. The first-order chi connectivity index (χ1) is 20.8. The van der Waals surface area contributed by atoms with Crippen LogP contribution >= 0.6 is 0 Å². The lowest BCUT2D eigenvalue weighted by molar-refractivity contribution is -0.212. The summed E-state index contributed by atoms with van der Waals surface area (Å²) in [5.41, 5.74) is 0.891. The van der Waals surface area contributed by atoms with E-state index in [4.69, 9.17) is 4.74 Å². The van der Waals surface area contributed by atoms with E-state index in [0.717, 1.165) is 35.5 Å². The van der Waals surface area contributed by atoms with Crippen molar-refractivity contribution >= 4 is 23.8 Å². The van der Waals surface area contributed by atoms with Crippen LogP contribution in [0.2, 0.25) is 0 Å². The van der Waals surface area contributed by atoms with Gasteiger partial charge in [0.2, 0.25) is 17.7 Å². The molecule has 0 spiro atoms. The van der Waals surface area contributed by atoms with E-state index in [-0.39, 0.29) is 24.3 Å². The van der Waals surface area contributed by atoms with Crippen LogP contribution in [0, 0.1) is 5.41 Å². The smallest absolute Gasteiger partial charge is 0.327 e. The number of benzene rings is 2. The second-order valence-electron chi connectivity index (χ2n) is 11.8. The van der Waals surface area contributed by atoms with Gasteiger partial charge in [-0.1, -0.05) is 74.5 Å². The van der Waals surface area contributed by atoms with Crippen LogP contribution in [-0.2, 0) is 19.1 Å². The summed E-state index contributed by atoms with van der Waals surface area (Å²) in [5, 5.41) is 2.96. The molecule has 0 saturated carbocycles. The van der Waals surface area contributed by atoms with Crippen LogP contribution in [-0.4, -0.2) is 102 Å². The first-order valence-corrected chi connectivity index (χ1v) is 15.4. The lowest BCUT2D eigenvalue weighted by Crippen LogP contribution is -2.73. The number of carbonyl (C=O) groups excluding carboxylic acids is 4. The van der Waals surface area contributed by atoms with Gasteiger partial charge in [0.05, 0.1) is 11.3 Å². The van der Waals surface area contributed by atoms with Gasteiger partial charge in [0, 0.05) is 32.7 Å². The number of likely N-dealkylation sites (N-methyl/N-ethyl adjacent to an activating group) is 1. The van der Waals surface area contributed by atoms with E-state index in [2.05, 4.69) is 10.2 Å². The molecule has 2 atom stereocenters. The zero-order valence-corrected chi connectivity index (χ0v) is 25.4. The lowest BCUT2D eigenvalue weighted by atomic mass is 9.72. The fourth-order valence-corrected chi connectivity index (χ4v) is 6.59. The number of ether oxygens (including phenoxy) is 1. The van der Waals surface area contributed by atoms with E-state index >= 15 is 0 Å². The van der Waals surface area contributed by atoms with Gasteiger partial charge < -0.3 is 24.8 Å². The predicted octanol–water partition coefficient (Wildman–Crippen LogP) is 3.24. The van der Waals surface area contributed by atoms with E-state index in [9.17, 15) is 19.2 Å². The Labute approximate surface area is 253 Å². The number of rotatable bonds is 9. The fraction of sp³-hybridized carbons (Fsp3) is 0.515. The molecule has 3 saturated heterocycles. The molecule has 5 amide bonds. The number of amides is 5. The van der Waals surface area contributed by atoms with E-state index in [1.165, 1.54) is 0 Å². The normalized spacial score (nSPS) is 22.0. The number of imide groups is 1. The summed E-state index contributed by atoms with van der Waals surface area (Å²) < 4.78 is 6.07. The fourth-order valence-electron chi connectivity index (χ4n) is 6.59. The average Bonchev–Trinajstić information content (AvgIpc) is 3.49. The molecule has 3 fully saturated rings. The molecule has 5 rings (SSSR count). The Hall–Kier alpha value is -3.76. The first kappa shape index (κ1) is 30.7. The van der Waals surface area contributed by atoms with Crippen molar-refractivity contribution in [2.24, 2.45) is 5.41 Å². The topological polar surface area (TPSA) is 102 Å². The Morgan fingerprint density at radius 3 is 2.05 bits per heavy atom. The number of piperazine rings is 1. The molecule has 230 valence electrons. The second-order valence-corrected chi connectivity index (χ2v) is 11.8. The standard InChI is InChI=1S/C33H43N5O5/c1-4-33(5-2)30(41)38(31(33)43-23-27(39)36-21-19-35(3)20-22-36)32(42)34-26-17-12-18-37(26)29(40)28(24-13-8-6-9-14-24)25-15-10-7-11-16-25/h6-11,13-16,26,28,31H,4-5,12,17-23H2,1-3H3,(H,34,42)/t26-,31?/m1/s1. The van der Waals surface area contributed by atoms with Crippen molar-refractivity contribution < 1.29 is 23.9 Å². The Kier molecular flexibility index (Phi) is 9.46. The highest BCUT2D eigenvalue weighted by atomic mass is 16.5. The Morgan fingerprint density at radius 2 is 1.49 bits per heavy atom. The summed E-state index contributed by atoms with van der Waals surface area (Å²) >= 11 is 0. The second kappa shape index (κ2) is 13.3. The van der Waals surface area contributed by atoms with Crippen molar-refractivity contribution in [2.45, 2.75) is 57.8 Å². The van der Waals surface area contributed by atoms with Crippen LogP contribution in [0.15, 0.2) is 60.7 Å². The summed E-state index contributed by atoms with van der Waals surface area (Å²) in [6.07, 6.45) is 0.878. The molecule has 43 heavy (non-hydrogen) atoms. The molecular formula is C33H43N5O5. The summed E-state index contributed by atoms with van der Waals surface area (Å²) in [5.74, 6) is -1.07. The minimum Gasteiger partial charge on any atom is -0.347 e. The zero-order valence-electron chi connectivity index (χ0n) is 25.4. The van der Waals surface area contributed by atoms with E-state index in [1.54, 1.807) is 9.80 Å². The van der Waals surface area contributed by atoms with Gasteiger partial charge in [-0.2, -0.15) is 0 Å². The number of nitrogens with one attached hydrogen (secondary N) is 1. The number of carbonyl (C=O) groups is 4. The zero-order chi connectivity index (χ0) is 30.6. The molecule has 2 aromatic carbocycles. The number of nitrogens with zero attached hydrogens (tertiary/aromatic N) is 4. The summed E-state index contributed by atoms with van der Waals surface area (Å²) in [6.45, 7) is 6.94. The Morgan fingerprint density at radius 1 is 0.907 bits per heavy atom. The molecule has 0 aliphatic carbocycles. The average molecular weight is 590 g/mol. The van der Waals surface area contributed by atoms with Crippen molar-refractivity contribution in [3.05, 3.63) is 71.8 Å². The van der Waals surface area contributed by atoms with Crippen LogP contribution in [0.25, 0.3) is 0 Å². The minimum absolute atomic E-state index is 0.0998. The van der Waals surface area contributed by atoms with Gasteiger partial charge in [-0.3, -0.25) is 14.4 Å². The summed E-state index contributed by atoms with van der Waals surface area (Å²) in [7, 11) is 2.02. The Balaban J connectivity index is 1.30. The molecule has 3 heterocycles. The monoisotopic (exact) mass is 589 g/mol. The third kappa shape index (κ3) is 6.03. The molecule has 1 N–H and O–H groups in total. The highest BCUT2D eigenvalue weighted by Gasteiger charge is 2.62. The maximum atomic E-state index is 14.1. The molecule has 1 unspecified atom stereocenters. The van der Waals surface area contributed by atoms with Gasteiger partial charge >= 0.3 is 6.03 Å². The molecule has 0 aromatic heterocycles. The highest BCUT2D eigenvalue weighted by molar-refractivity contribution is 6.03. The third-order valence-corrected chi connectivity index (χ3v) is 9.39. The molecule has 3 aliphatic heterocycles. The number of hydrogen-bond donors (Lipinski definition) is 1. The van der Waals surface area contributed by atoms with Crippen molar-refractivity contribution in [3.63, 3.8) is 0 Å².